The van der Waals surface area contributed by atoms with Crippen molar-refractivity contribution in [1.82, 2.24) is 30.1 Å². The van der Waals surface area contributed by atoms with Crippen LogP contribution < -0.4 is 5.32 Å². The minimum absolute atomic E-state index is 0.0527. The van der Waals surface area contributed by atoms with Gasteiger partial charge in [0.2, 0.25) is 5.91 Å². The number of benzene rings is 2. The van der Waals surface area contributed by atoms with Gasteiger partial charge >= 0.3 is 0 Å². The molecule has 3 N–H and O–H groups in total. The lowest BCUT2D eigenvalue weighted by molar-refractivity contribution is -0.119. The lowest BCUT2D eigenvalue weighted by Gasteiger charge is -2.11. The molecular weight excluding hydrogens is 493 g/mol. The van der Waals surface area contributed by atoms with Crippen LogP contribution in [-0.2, 0) is 4.79 Å². The van der Waals surface area contributed by atoms with Gasteiger partial charge in [-0.1, -0.05) is 37.1 Å². The van der Waals surface area contributed by atoms with Crippen molar-refractivity contribution in [2.75, 3.05) is 5.32 Å². The molecule has 0 radical (unpaired) electrons. The summed E-state index contributed by atoms with van der Waals surface area (Å²) in [5.41, 5.74) is 7.00. The number of imidazole rings is 1. The number of carbonyl (C=O) groups excluding carboxylic acids is 1. The Morgan fingerprint density at radius 1 is 0.949 bits per heavy atom. The standard InChI is InChI=1S/C30H24FN7O/c31-20-10-8-17(9-11-20)22-6-3-7-24-27(22)36-29(35-24)28-23-13-25(33-16-26(23)37-38-28)19-12-21(15-32-14-19)34-30(39)18-4-1-2-5-18/h3,6-16,18H,1-2,4-5H2,(H,34,39)(H,35,36)(H,37,38). The van der Waals surface area contributed by atoms with Gasteiger partial charge in [-0.15, -0.1) is 0 Å². The number of hydrogen-bond donors (Lipinski definition) is 3. The first-order valence-electron chi connectivity index (χ1n) is 13.0. The second-order valence-corrected chi connectivity index (χ2v) is 9.91. The Morgan fingerprint density at radius 2 is 1.79 bits per heavy atom. The maximum Gasteiger partial charge on any atom is 0.227 e. The molecule has 4 heterocycles. The minimum atomic E-state index is -0.280. The van der Waals surface area contributed by atoms with Gasteiger partial charge in [-0.3, -0.25) is 19.9 Å². The first-order chi connectivity index (χ1) is 19.1. The first kappa shape index (κ1) is 23.2. The number of halogens is 1. The van der Waals surface area contributed by atoms with Crippen molar-refractivity contribution >= 4 is 33.5 Å². The average molecular weight is 518 g/mol. The van der Waals surface area contributed by atoms with E-state index in [9.17, 15) is 9.18 Å². The van der Waals surface area contributed by atoms with E-state index >= 15 is 0 Å². The van der Waals surface area contributed by atoms with E-state index in [1.54, 1.807) is 30.7 Å². The zero-order valence-electron chi connectivity index (χ0n) is 20.9. The van der Waals surface area contributed by atoms with E-state index in [0.717, 1.165) is 64.3 Å². The number of nitrogens with one attached hydrogen (secondary N) is 3. The maximum atomic E-state index is 13.5. The molecule has 0 spiro atoms. The molecule has 1 aliphatic carbocycles. The molecule has 4 aromatic heterocycles. The molecule has 0 saturated heterocycles. The Kier molecular flexibility index (Phi) is 5.61. The maximum absolute atomic E-state index is 13.5. The molecule has 1 saturated carbocycles. The summed E-state index contributed by atoms with van der Waals surface area (Å²) < 4.78 is 13.5. The van der Waals surface area contributed by atoms with Gasteiger partial charge in [0.25, 0.3) is 0 Å². The molecule has 8 nitrogen and oxygen atoms in total. The molecule has 1 aliphatic rings. The van der Waals surface area contributed by atoms with Crippen molar-refractivity contribution in [2.45, 2.75) is 25.7 Å². The second-order valence-electron chi connectivity index (χ2n) is 9.91. The number of nitrogens with zero attached hydrogens (tertiary/aromatic N) is 4. The normalized spacial score (nSPS) is 13.9. The Balaban J connectivity index is 1.24. The molecule has 7 rings (SSSR count). The lowest BCUT2D eigenvalue weighted by atomic mass is 10.0. The summed E-state index contributed by atoms with van der Waals surface area (Å²) in [6.07, 6.45) is 9.21. The zero-order valence-corrected chi connectivity index (χ0v) is 20.9. The fraction of sp³-hybridized carbons (Fsp3) is 0.167. The summed E-state index contributed by atoms with van der Waals surface area (Å²) in [7, 11) is 0. The summed E-state index contributed by atoms with van der Waals surface area (Å²) in [4.78, 5) is 29.8. The van der Waals surface area contributed by atoms with Crippen molar-refractivity contribution in [3.8, 4) is 33.9 Å². The molecule has 0 unspecified atom stereocenters. The van der Waals surface area contributed by atoms with Crippen LogP contribution >= 0.6 is 0 Å². The molecular formula is C30H24FN7O. The van der Waals surface area contributed by atoms with Crippen molar-refractivity contribution in [3.05, 3.63) is 79.0 Å². The van der Waals surface area contributed by atoms with Crippen molar-refractivity contribution in [2.24, 2.45) is 5.92 Å². The third-order valence-corrected chi connectivity index (χ3v) is 7.37. The number of hydrogen-bond acceptors (Lipinski definition) is 5. The Bertz CT molecular complexity index is 1830. The Labute approximate surface area is 222 Å². The van der Waals surface area contributed by atoms with Crippen LogP contribution in [0.4, 0.5) is 10.1 Å². The first-order valence-corrected chi connectivity index (χ1v) is 13.0. The summed E-state index contributed by atoms with van der Waals surface area (Å²) >= 11 is 0. The molecule has 1 amide bonds. The van der Waals surface area contributed by atoms with Crippen LogP contribution in [0, 0.1) is 11.7 Å². The number of para-hydroxylation sites is 1. The molecule has 0 aliphatic heterocycles. The van der Waals surface area contributed by atoms with Crippen molar-refractivity contribution < 1.29 is 9.18 Å². The summed E-state index contributed by atoms with van der Waals surface area (Å²) in [6, 6.07) is 16.1. The number of amides is 1. The predicted octanol–water partition coefficient (Wildman–Crippen LogP) is 6.50. The second kappa shape index (κ2) is 9.43. The SMILES string of the molecule is O=C(Nc1cncc(-c2cc3c(-c4nc5c(-c6ccc(F)cc6)cccc5[nH]4)n[nH]c3cn2)c1)C1CCCC1. The fourth-order valence-electron chi connectivity index (χ4n) is 5.34. The Hall–Kier alpha value is -4.92. The van der Waals surface area contributed by atoms with Crippen LogP contribution in [0.15, 0.2) is 73.2 Å². The quantitative estimate of drug-likeness (QED) is 0.242. The fourth-order valence-corrected chi connectivity index (χ4v) is 5.34. The highest BCUT2D eigenvalue weighted by atomic mass is 19.1. The largest absolute Gasteiger partial charge is 0.337 e. The number of rotatable bonds is 5. The van der Waals surface area contributed by atoms with Crippen LogP contribution in [0.5, 0.6) is 0 Å². The minimum Gasteiger partial charge on any atom is -0.337 e. The number of carbonyl (C=O) groups is 1. The van der Waals surface area contributed by atoms with Gasteiger partial charge in [0, 0.05) is 28.6 Å². The monoisotopic (exact) mass is 517 g/mol. The molecule has 9 heteroatoms. The number of anilines is 1. The van der Waals surface area contributed by atoms with Gasteiger partial charge in [-0.05, 0) is 48.7 Å². The highest BCUT2D eigenvalue weighted by molar-refractivity contribution is 5.98. The smallest absolute Gasteiger partial charge is 0.227 e. The predicted molar refractivity (Wildman–Crippen MR) is 148 cm³/mol. The van der Waals surface area contributed by atoms with Crippen molar-refractivity contribution in [1.29, 1.82) is 0 Å². The third kappa shape index (κ3) is 4.31. The van der Waals surface area contributed by atoms with Gasteiger partial charge in [-0.2, -0.15) is 5.10 Å². The van der Waals surface area contributed by atoms with Crippen LogP contribution in [0.1, 0.15) is 25.7 Å². The molecule has 1 fully saturated rings. The van der Waals surface area contributed by atoms with E-state index in [0.29, 0.717) is 22.9 Å². The van der Waals surface area contributed by atoms with E-state index in [-0.39, 0.29) is 17.6 Å². The van der Waals surface area contributed by atoms with Crippen LogP contribution in [-0.4, -0.2) is 36.0 Å². The highest BCUT2D eigenvalue weighted by Crippen LogP contribution is 2.33. The molecule has 0 bridgehead atoms. The lowest BCUT2D eigenvalue weighted by Crippen LogP contribution is -2.20. The summed E-state index contributed by atoms with van der Waals surface area (Å²) in [6.45, 7) is 0. The molecule has 192 valence electrons. The summed E-state index contributed by atoms with van der Waals surface area (Å²) in [5, 5.41) is 11.4. The van der Waals surface area contributed by atoms with Crippen molar-refractivity contribution in [3.63, 3.8) is 0 Å². The van der Waals surface area contributed by atoms with Crippen LogP contribution in [0.25, 0.3) is 55.8 Å². The Morgan fingerprint density at radius 3 is 2.64 bits per heavy atom. The summed E-state index contributed by atoms with van der Waals surface area (Å²) in [5.74, 6) is 0.456. The van der Waals surface area contributed by atoms with E-state index in [1.165, 1.54) is 12.1 Å². The average Bonchev–Trinajstić information content (AvgIpc) is 3.73. The van der Waals surface area contributed by atoms with E-state index in [4.69, 9.17) is 4.98 Å². The third-order valence-electron chi connectivity index (χ3n) is 7.37. The number of H-pyrrole nitrogens is 2. The molecule has 39 heavy (non-hydrogen) atoms. The van der Waals surface area contributed by atoms with Crippen LogP contribution in [0.3, 0.4) is 0 Å². The molecule has 6 aromatic rings. The zero-order chi connectivity index (χ0) is 26.3. The van der Waals surface area contributed by atoms with Gasteiger partial charge in [0.1, 0.15) is 11.5 Å². The highest BCUT2D eigenvalue weighted by Gasteiger charge is 2.23. The van der Waals surface area contributed by atoms with Gasteiger partial charge in [-0.25, -0.2) is 9.37 Å². The molecule has 2 aromatic carbocycles. The number of fused-ring (bicyclic) bond motifs is 2. The number of aromatic amines is 2. The number of aromatic nitrogens is 6. The van der Waals surface area contributed by atoms with Crippen LogP contribution in [0.2, 0.25) is 0 Å². The topological polar surface area (TPSA) is 112 Å². The van der Waals surface area contributed by atoms with Gasteiger partial charge < -0.3 is 10.3 Å². The number of pyridine rings is 2. The molecule has 0 atom stereocenters. The van der Waals surface area contributed by atoms with Gasteiger partial charge in [0.15, 0.2) is 5.82 Å². The van der Waals surface area contributed by atoms with Gasteiger partial charge in [0.05, 0.1) is 40.3 Å². The van der Waals surface area contributed by atoms with E-state index in [2.05, 4.69) is 30.5 Å². The van der Waals surface area contributed by atoms with E-state index in [1.807, 2.05) is 30.3 Å². The van der Waals surface area contributed by atoms with E-state index < -0.39 is 0 Å².